The van der Waals surface area contributed by atoms with E-state index in [-0.39, 0.29) is 12.8 Å². The number of nitrogens with two attached hydrogens (primary N) is 1. The van der Waals surface area contributed by atoms with Crippen LogP contribution in [0.5, 0.6) is 0 Å². The van der Waals surface area contributed by atoms with Crippen LogP contribution in [-0.4, -0.2) is 75.1 Å². The van der Waals surface area contributed by atoms with Gasteiger partial charge in [-0.25, -0.2) is 4.79 Å². The van der Waals surface area contributed by atoms with E-state index in [9.17, 15) is 39.0 Å². The summed E-state index contributed by atoms with van der Waals surface area (Å²) in [6, 6.07) is 3.18. The molecule has 0 aliphatic heterocycles. The van der Waals surface area contributed by atoms with Crippen molar-refractivity contribution in [2.45, 2.75) is 70.1 Å². The third-order valence-corrected chi connectivity index (χ3v) is 5.71. The lowest BCUT2D eigenvalue weighted by atomic mass is 9.96. The standard InChI is InChI=1S/C24H34N4O9/c1-3-13(2)20(23(35)27-17(24(36)37)11-14-7-5-4-6-8-14)28-22(34)16(12-19(31)32)26-21(33)15(25)9-10-18(29)30/h4-8,13,15-17,20H,3,9-12,25H2,1-2H3,(H,26,33)(H,27,35)(H,28,34)(H,29,30)(H,31,32)(H,36,37). The monoisotopic (exact) mass is 522 g/mol. The third-order valence-electron chi connectivity index (χ3n) is 5.71. The molecule has 0 heterocycles. The van der Waals surface area contributed by atoms with Crippen molar-refractivity contribution in [1.29, 1.82) is 0 Å². The second-order valence-corrected chi connectivity index (χ2v) is 8.66. The summed E-state index contributed by atoms with van der Waals surface area (Å²) < 4.78 is 0. The highest BCUT2D eigenvalue weighted by Crippen LogP contribution is 2.11. The molecule has 0 fully saturated rings. The fourth-order valence-electron chi connectivity index (χ4n) is 3.34. The molecule has 1 aromatic carbocycles. The first-order chi connectivity index (χ1) is 17.3. The number of amides is 3. The van der Waals surface area contributed by atoms with Gasteiger partial charge in [-0.1, -0.05) is 50.6 Å². The van der Waals surface area contributed by atoms with Crippen molar-refractivity contribution in [1.82, 2.24) is 16.0 Å². The van der Waals surface area contributed by atoms with Gasteiger partial charge in [0.1, 0.15) is 18.1 Å². The number of rotatable bonds is 16. The van der Waals surface area contributed by atoms with Gasteiger partial charge in [0.25, 0.3) is 0 Å². The average molecular weight is 523 g/mol. The zero-order valence-corrected chi connectivity index (χ0v) is 20.7. The summed E-state index contributed by atoms with van der Waals surface area (Å²) in [5.74, 6) is -7.07. The number of nitrogens with one attached hydrogen (secondary N) is 3. The molecule has 0 spiro atoms. The van der Waals surface area contributed by atoms with Crippen LogP contribution in [0.2, 0.25) is 0 Å². The van der Waals surface area contributed by atoms with Crippen LogP contribution in [0.1, 0.15) is 45.1 Å². The summed E-state index contributed by atoms with van der Waals surface area (Å²) in [7, 11) is 0. The Labute approximate surface area is 213 Å². The summed E-state index contributed by atoms with van der Waals surface area (Å²) in [4.78, 5) is 72.0. The number of carboxylic acids is 3. The van der Waals surface area contributed by atoms with E-state index in [2.05, 4.69) is 16.0 Å². The molecule has 0 saturated heterocycles. The van der Waals surface area contributed by atoms with Gasteiger partial charge < -0.3 is 37.0 Å². The summed E-state index contributed by atoms with van der Waals surface area (Å²) in [6.07, 6.45) is -1.07. The Kier molecular flexibility index (Phi) is 12.7. The number of carbonyl (C=O) groups excluding carboxylic acids is 3. The molecule has 0 radical (unpaired) electrons. The van der Waals surface area contributed by atoms with Crippen molar-refractivity contribution in [3.63, 3.8) is 0 Å². The molecule has 0 aliphatic carbocycles. The van der Waals surface area contributed by atoms with Crippen LogP contribution in [0.4, 0.5) is 0 Å². The molecule has 204 valence electrons. The summed E-state index contributed by atoms with van der Waals surface area (Å²) in [5, 5.41) is 34.6. The first kappa shape index (κ1) is 31.0. The number of carbonyl (C=O) groups is 6. The molecular formula is C24H34N4O9. The SMILES string of the molecule is CCC(C)C(NC(=O)C(CC(=O)O)NC(=O)C(N)CCC(=O)O)C(=O)NC(Cc1ccccc1)C(=O)O. The van der Waals surface area contributed by atoms with Gasteiger partial charge in [-0.3, -0.25) is 24.0 Å². The highest BCUT2D eigenvalue weighted by Gasteiger charge is 2.33. The molecule has 13 nitrogen and oxygen atoms in total. The fourth-order valence-corrected chi connectivity index (χ4v) is 3.34. The Morgan fingerprint density at radius 1 is 0.838 bits per heavy atom. The van der Waals surface area contributed by atoms with E-state index in [1.54, 1.807) is 44.2 Å². The second kappa shape index (κ2) is 15.2. The first-order valence-corrected chi connectivity index (χ1v) is 11.7. The van der Waals surface area contributed by atoms with Gasteiger partial charge in [-0.15, -0.1) is 0 Å². The van der Waals surface area contributed by atoms with Crippen molar-refractivity contribution in [2.75, 3.05) is 0 Å². The molecule has 5 atom stereocenters. The third kappa shape index (κ3) is 11.1. The van der Waals surface area contributed by atoms with Gasteiger partial charge >= 0.3 is 17.9 Å². The van der Waals surface area contributed by atoms with E-state index in [0.29, 0.717) is 12.0 Å². The van der Waals surface area contributed by atoms with Crippen LogP contribution in [0.25, 0.3) is 0 Å². The van der Waals surface area contributed by atoms with E-state index < -0.39 is 78.6 Å². The van der Waals surface area contributed by atoms with Gasteiger partial charge in [0.2, 0.25) is 17.7 Å². The highest BCUT2D eigenvalue weighted by molar-refractivity contribution is 5.95. The summed E-state index contributed by atoms with van der Waals surface area (Å²) in [5.41, 5.74) is 6.31. The summed E-state index contributed by atoms with van der Waals surface area (Å²) in [6.45, 7) is 3.39. The molecule has 0 saturated carbocycles. The number of hydrogen-bond acceptors (Lipinski definition) is 7. The van der Waals surface area contributed by atoms with Crippen LogP contribution in [0.3, 0.4) is 0 Å². The molecule has 0 bridgehead atoms. The molecule has 13 heteroatoms. The molecule has 37 heavy (non-hydrogen) atoms. The quantitative estimate of drug-likeness (QED) is 0.147. The van der Waals surface area contributed by atoms with Crippen LogP contribution in [0, 0.1) is 5.92 Å². The van der Waals surface area contributed by atoms with E-state index in [1.807, 2.05) is 0 Å². The minimum atomic E-state index is -1.61. The van der Waals surface area contributed by atoms with Gasteiger partial charge in [0.05, 0.1) is 12.5 Å². The maximum absolute atomic E-state index is 13.0. The van der Waals surface area contributed by atoms with Crippen molar-refractivity contribution in [3.8, 4) is 0 Å². The summed E-state index contributed by atoms with van der Waals surface area (Å²) >= 11 is 0. The van der Waals surface area contributed by atoms with E-state index in [4.69, 9.17) is 10.8 Å². The van der Waals surface area contributed by atoms with Crippen LogP contribution in [-0.2, 0) is 35.2 Å². The molecule has 8 N–H and O–H groups in total. The molecule has 5 unspecified atom stereocenters. The fraction of sp³-hybridized carbons (Fsp3) is 0.500. The Hall–Kier alpha value is -4.00. The van der Waals surface area contributed by atoms with Crippen molar-refractivity contribution >= 4 is 35.6 Å². The zero-order valence-electron chi connectivity index (χ0n) is 20.7. The zero-order chi connectivity index (χ0) is 28.1. The van der Waals surface area contributed by atoms with Crippen molar-refractivity contribution in [3.05, 3.63) is 35.9 Å². The highest BCUT2D eigenvalue weighted by atomic mass is 16.4. The molecular weight excluding hydrogens is 488 g/mol. The van der Waals surface area contributed by atoms with E-state index in [0.717, 1.165) is 0 Å². The lowest BCUT2D eigenvalue weighted by Crippen LogP contribution is -2.59. The minimum absolute atomic E-state index is 0.00495. The number of benzene rings is 1. The molecule has 1 rings (SSSR count). The minimum Gasteiger partial charge on any atom is -0.481 e. The predicted octanol–water partition coefficient (Wildman–Crippen LogP) is -0.519. The maximum Gasteiger partial charge on any atom is 0.326 e. The number of hydrogen-bond donors (Lipinski definition) is 7. The van der Waals surface area contributed by atoms with Crippen molar-refractivity contribution < 1.29 is 44.1 Å². The molecule has 3 amide bonds. The van der Waals surface area contributed by atoms with Crippen molar-refractivity contribution in [2.24, 2.45) is 11.7 Å². The molecule has 0 aromatic heterocycles. The molecule has 0 aliphatic rings. The van der Waals surface area contributed by atoms with Crippen LogP contribution < -0.4 is 21.7 Å². The van der Waals surface area contributed by atoms with Crippen LogP contribution in [0.15, 0.2) is 30.3 Å². The van der Waals surface area contributed by atoms with Gasteiger partial charge in [-0.05, 0) is 17.9 Å². The second-order valence-electron chi connectivity index (χ2n) is 8.66. The lowest BCUT2D eigenvalue weighted by Gasteiger charge is -2.27. The lowest BCUT2D eigenvalue weighted by molar-refractivity contribution is -0.143. The smallest absolute Gasteiger partial charge is 0.326 e. The normalized spacial score (nSPS) is 14.8. The van der Waals surface area contributed by atoms with E-state index in [1.165, 1.54) is 0 Å². The van der Waals surface area contributed by atoms with Gasteiger partial charge in [-0.2, -0.15) is 0 Å². The number of carboxylic acid groups (broad SMARTS) is 3. The maximum atomic E-state index is 13.0. The Balaban J connectivity index is 3.01. The number of aliphatic carboxylic acids is 3. The van der Waals surface area contributed by atoms with Gasteiger partial charge in [0, 0.05) is 12.8 Å². The Bertz CT molecular complexity index is 970. The Morgan fingerprint density at radius 2 is 1.43 bits per heavy atom. The van der Waals surface area contributed by atoms with E-state index >= 15 is 0 Å². The van der Waals surface area contributed by atoms with Gasteiger partial charge in [0.15, 0.2) is 0 Å². The molecule has 1 aromatic rings. The average Bonchev–Trinajstić information content (AvgIpc) is 2.84. The Morgan fingerprint density at radius 3 is 1.95 bits per heavy atom. The topological polar surface area (TPSA) is 225 Å². The first-order valence-electron chi connectivity index (χ1n) is 11.7. The predicted molar refractivity (Wildman–Crippen MR) is 130 cm³/mol. The van der Waals surface area contributed by atoms with Crippen LogP contribution >= 0.6 is 0 Å². The largest absolute Gasteiger partial charge is 0.481 e.